The van der Waals surface area contributed by atoms with Crippen molar-refractivity contribution in [1.82, 2.24) is 29.3 Å². The van der Waals surface area contributed by atoms with Gasteiger partial charge >= 0.3 is 0 Å². The molecule has 3 aromatic heterocycles. The Labute approximate surface area is 188 Å². The third-order valence-corrected chi connectivity index (χ3v) is 5.89. The van der Waals surface area contributed by atoms with Crippen LogP contribution in [0.15, 0.2) is 55.4 Å². The topological polar surface area (TPSA) is 99.8 Å². The highest BCUT2D eigenvalue weighted by molar-refractivity contribution is 6.04. The fraction of sp³-hybridized carbons (Fsp3) is 0.261. The van der Waals surface area contributed by atoms with Gasteiger partial charge in [-0.3, -0.25) is 9.78 Å². The second kappa shape index (κ2) is 7.80. The van der Waals surface area contributed by atoms with Crippen molar-refractivity contribution < 1.29 is 13.9 Å². The summed E-state index contributed by atoms with van der Waals surface area (Å²) in [6, 6.07) is 8.27. The van der Waals surface area contributed by atoms with Crippen LogP contribution in [-0.4, -0.2) is 48.5 Å². The fourth-order valence-electron chi connectivity index (χ4n) is 4.00. The van der Waals surface area contributed by atoms with Crippen LogP contribution in [0.4, 0.5) is 10.1 Å². The molecule has 33 heavy (non-hydrogen) atoms. The molecule has 10 heteroatoms. The number of aromatic nitrogens is 6. The molecule has 4 aromatic rings. The van der Waals surface area contributed by atoms with E-state index in [0.717, 1.165) is 11.4 Å². The maximum absolute atomic E-state index is 13.5. The number of amides is 1. The molecule has 1 saturated carbocycles. The Morgan fingerprint density at radius 1 is 1.21 bits per heavy atom. The first-order chi connectivity index (χ1) is 16.2. The number of nitrogens with one attached hydrogen (secondary N) is 1. The number of nitrogens with zero attached hydrogens (tertiary/aromatic N) is 6. The summed E-state index contributed by atoms with van der Waals surface area (Å²) in [6.45, 7) is -0.566. The quantitative estimate of drug-likeness (QED) is 0.504. The molecule has 0 spiro atoms. The summed E-state index contributed by atoms with van der Waals surface area (Å²) in [4.78, 5) is 26.0. The second-order valence-electron chi connectivity index (χ2n) is 8.16. The van der Waals surface area contributed by atoms with Gasteiger partial charge < -0.3 is 14.6 Å². The maximum Gasteiger partial charge on any atom is 0.274 e. The minimum Gasteiger partial charge on any atom is -0.488 e. The number of hydrogen-bond acceptors (Lipinski definition) is 6. The second-order valence-corrected chi connectivity index (χ2v) is 8.16. The lowest BCUT2D eigenvalue weighted by molar-refractivity contribution is 0.102. The van der Waals surface area contributed by atoms with Crippen molar-refractivity contribution in [3.63, 3.8) is 0 Å². The minimum absolute atomic E-state index is 0.0738. The zero-order valence-corrected chi connectivity index (χ0v) is 17.6. The van der Waals surface area contributed by atoms with Crippen molar-refractivity contribution in [2.45, 2.75) is 24.8 Å². The smallest absolute Gasteiger partial charge is 0.274 e. The van der Waals surface area contributed by atoms with E-state index in [1.807, 2.05) is 22.9 Å². The van der Waals surface area contributed by atoms with Gasteiger partial charge in [-0.1, -0.05) is 6.07 Å². The predicted octanol–water partition coefficient (Wildman–Crippen LogP) is 3.56. The molecule has 0 radical (unpaired) electrons. The van der Waals surface area contributed by atoms with Crippen molar-refractivity contribution in [3.05, 3.63) is 66.8 Å². The van der Waals surface area contributed by atoms with Crippen LogP contribution in [0.2, 0.25) is 0 Å². The van der Waals surface area contributed by atoms with Crippen LogP contribution in [0.5, 0.6) is 5.75 Å². The normalized spacial score (nSPS) is 16.9. The van der Waals surface area contributed by atoms with Crippen LogP contribution in [0.1, 0.15) is 41.0 Å². The molecular formula is C23H20FN7O2. The molecule has 4 heterocycles. The Kier molecular flexibility index (Phi) is 4.63. The van der Waals surface area contributed by atoms with Crippen LogP contribution in [0.25, 0.3) is 17.1 Å². The summed E-state index contributed by atoms with van der Waals surface area (Å²) in [5, 5.41) is 7.02. The first-order valence-corrected chi connectivity index (χ1v) is 10.7. The van der Waals surface area contributed by atoms with Crippen molar-refractivity contribution >= 4 is 11.6 Å². The highest BCUT2D eigenvalue weighted by Crippen LogP contribution is 2.40. The highest BCUT2D eigenvalue weighted by atomic mass is 19.1. The third-order valence-electron chi connectivity index (χ3n) is 5.89. The number of fused-ring (bicyclic) bond motifs is 3. The monoisotopic (exact) mass is 445 g/mol. The van der Waals surface area contributed by atoms with Crippen LogP contribution in [-0.2, 0) is 0 Å². The zero-order chi connectivity index (χ0) is 22.4. The molecule has 1 amide bonds. The number of hydrogen-bond donors (Lipinski definition) is 1. The lowest BCUT2D eigenvalue weighted by Crippen LogP contribution is -2.19. The molecule has 166 valence electrons. The minimum atomic E-state index is -0.639. The van der Waals surface area contributed by atoms with E-state index in [9.17, 15) is 9.18 Å². The Bertz CT molecular complexity index is 1340. The molecule has 6 rings (SSSR count). The van der Waals surface area contributed by atoms with E-state index in [2.05, 4.69) is 25.4 Å². The average molecular weight is 445 g/mol. The largest absolute Gasteiger partial charge is 0.488 e. The van der Waals surface area contributed by atoms with Crippen LogP contribution >= 0.6 is 0 Å². The van der Waals surface area contributed by atoms with E-state index in [4.69, 9.17) is 4.74 Å². The third kappa shape index (κ3) is 3.53. The molecule has 1 aromatic carbocycles. The number of carbonyl (C=O) groups excluding carboxylic acids is 1. The number of anilines is 1. The van der Waals surface area contributed by atoms with Gasteiger partial charge in [-0.15, -0.1) is 0 Å². The Balaban J connectivity index is 1.29. The molecular weight excluding hydrogens is 425 g/mol. The highest BCUT2D eigenvalue weighted by Gasteiger charge is 2.28. The van der Waals surface area contributed by atoms with Gasteiger partial charge in [0.15, 0.2) is 11.6 Å². The molecule has 9 nitrogen and oxygen atoms in total. The Hall–Kier alpha value is -4.08. The van der Waals surface area contributed by atoms with Crippen molar-refractivity contribution in [1.29, 1.82) is 0 Å². The van der Waals surface area contributed by atoms with Crippen LogP contribution in [0.3, 0.4) is 0 Å². The summed E-state index contributed by atoms with van der Waals surface area (Å²) in [6.07, 6.45) is 9.08. The molecule has 0 bridgehead atoms. The number of halogens is 1. The summed E-state index contributed by atoms with van der Waals surface area (Å²) in [7, 11) is 0. The molecule has 1 atom stereocenters. The van der Waals surface area contributed by atoms with Crippen molar-refractivity contribution in [3.8, 4) is 22.8 Å². The standard InChI is InChI=1S/C23H20FN7O2/c24-9-16-11-33-21-17(22-26-12-28-31(16)22)2-1-3-18(21)29-23(32)19-8-15(6-7-25-19)30-10-20(27-13-30)14-4-5-14/h1-3,6-8,10,12-14,16H,4-5,9,11H2,(H,29,32)/t16-/m1/s1. The lowest BCUT2D eigenvalue weighted by Gasteiger charge is -2.14. The number of rotatable bonds is 5. The predicted molar refractivity (Wildman–Crippen MR) is 117 cm³/mol. The zero-order valence-electron chi connectivity index (χ0n) is 17.6. The van der Waals surface area contributed by atoms with E-state index in [0.29, 0.717) is 28.7 Å². The molecule has 1 aliphatic carbocycles. The molecule has 2 aliphatic rings. The summed E-state index contributed by atoms with van der Waals surface area (Å²) in [5.74, 6) is 1.08. The summed E-state index contributed by atoms with van der Waals surface area (Å²) >= 11 is 0. The van der Waals surface area contributed by atoms with Gasteiger partial charge in [-0.25, -0.2) is 19.0 Å². The number of alkyl halides is 1. The van der Waals surface area contributed by atoms with E-state index >= 15 is 0 Å². The number of para-hydroxylation sites is 1. The van der Waals surface area contributed by atoms with Gasteiger partial charge in [0.05, 0.1) is 29.0 Å². The van der Waals surface area contributed by atoms with Crippen LogP contribution in [0, 0.1) is 0 Å². The maximum atomic E-state index is 13.5. The van der Waals surface area contributed by atoms with E-state index < -0.39 is 12.7 Å². The number of imidazole rings is 1. The Morgan fingerprint density at radius 3 is 2.97 bits per heavy atom. The van der Waals surface area contributed by atoms with Gasteiger partial charge in [0.2, 0.25) is 0 Å². The first-order valence-electron chi connectivity index (χ1n) is 10.7. The van der Waals surface area contributed by atoms with Crippen molar-refractivity contribution in [2.24, 2.45) is 0 Å². The molecule has 1 aliphatic heterocycles. The number of carbonyl (C=O) groups is 1. The van der Waals surface area contributed by atoms with E-state index in [1.54, 1.807) is 30.7 Å². The number of pyridine rings is 1. The Morgan fingerprint density at radius 2 is 2.12 bits per heavy atom. The van der Waals surface area contributed by atoms with Gasteiger partial charge in [-0.2, -0.15) is 5.10 Å². The molecule has 1 fully saturated rings. The van der Waals surface area contributed by atoms with Crippen LogP contribution < -0.4 is 10.1 Å². The number of benzene rings is 1. The van der Waals surface area contributed by atoms with E-state index in [1.165, 1.54) is 23.9 Å². The fourth-order valence-corrected chi connectivity index (χ4v) is 4.00. The summed E-state index contributed by atoms with van der Waals surface area (Å²) < 4.78 is 22.9. The van der Waals surface area contributed by atoms with Gasteiger partial charge in [0, 0.05) is 18.3 Å². The lowest BCUT2D eigenvalue weighted by atomic mass is 10.1. The van der Waals surface area contributed by atoms with Gasteiger partial charge in [0.1, 0.15) is 31.3 Å². The SMILES string of the molecule is O=C(Nc1cccc2c1OC[C@@H](CF)n1ncnc1-2)c1cc(-n2cnc(C3CC3)c2)ccn1. The van der Waals surface area contributed by atoms with Crippen molar-refractivity contribution in [2.75, 3.05) is 18.6 Å². The first kappa shape index (κ1) is 19.6. The van der Waals surface area contributed by atoms with Gasteiger partial charge in [-0.05, 0) is 37.1 Å². The van der Waals surface area contributed by atoms with Gasteiger partial charge in [0.25, 0.3) is 5.91 Å². The molecule has 1 N–H and O–H groups in total. The van der Waals surface area contributed by atoms with E-state index in [-0.39, 0.29) is 18.2 Å². The molecule has 0 unspecified atom stereocenters. The average Bonchev–Trinajstić information content (AvgIpc) is 3.42. The molecule has 0 saturated heterocycles. The summed E-state index contributed by atoms with van der Waals surface area (Å²) in [5.41, 5.74) is 3.22. The number of ether oxygens (including phenoxy) is 1.